The lowest BCUT2D eigenvalue weighted by Gasteiger charge is -2.32. The van der Waals surface area contributed by atoms with Crippen LogP contribution >= 0.6 is 0 Å². The summed E-state index contributed by atoms with van der Waals surface area (Å²) < 4.78 is 54.6. The third-order valence-electron chi connectivity index (χ3n) is 19.5. The lowest BCUT2D eigenvalue weighted by molar-refractivity contribution is -0.106. The van der Waals surface area contributed by atoms with E-state index in [9.17, 15) is 0 Å². The Labute approximate surface area is 541 Å². The minimum atomic E-state index is -0.565. The van der Waals surface area contributed by atoms with Crippen molar-refractivity contribution in [2.24, 2.45) is 0 Å². The average molecular weight is 1220 g/mol. The second-order valence-electron chi connectivity index (χ2n) is 32.0. The van der Waals surface area contributed by atoms with Crippen molar-refractivity contribution >= 4 is 63.3 Å². The summed E-state index contributed by atoms with van der Waals surface area (Å²) in [6, 6.07) is 38.7. The number of fused-ring (bicyclic) bond motifs is 6. The summed E-state index contributed by atoms with van der Waals surface area (Å²) in [5, 5.41) is 5.08. The Morgan fingerprint density at radius 1 is 0.422 bits per heavy atom. The molecular formula is C78H108B2N2O8. The van der Waals surface area contributed by atoms with Crippen LogP contribution in [0, 0.1) is 13.8 Å². The van der Waals surface area contributed by atoms with Crippen molar-refractivity contribution in [3.63, 3.8) is 0 Å². The highest BCUT2D eigenvalue weighted by atomic mass is 16.7. The molecule has 4 aliphatic heterocycles. The molecule has 0 bridgehead atoms. The fourth-order valence-electron chi connectivity index (χ4n) is 12.6. The van der Waals surface area contributed by atoms with Crippen molar-refractivity contribution in [2.45, 2.75) is 262 Å². The first kappa shape index (κ1) is 68.8. The number of aromatic nitrogens is 2. The lowest BCUT2D eigenvalue weighted by atomic mass is 9.77. The van der Waals surface area contributed by atoms with Crippen molar-refractivity contribution in [1.29, 1.82) is 0 Å². The fourth-order valence-corrected chi connectivity index (χ4v) is 12.6. The Morgan fingerprint density at radius 3 is 1.12 bits per heavy atom. The van der Waals surface area contributed by atoms with Gasteiger partial charge in [0.2, 0.25) is 0 Å². The van der Waals surface area contributed by atoms with Gasteiger partial charge in [0.25, 0.3) is 0 Å². The predicted octanol–water partition coefficient (Wildman–Crippen LogP) is 19.8. The first-order chi connectivity index (χ1) is 41.3. The SMILES string of the molecule is C.CB1OC(C)(C)C(C)(C)O1.Cc1cc(B2OC(C)(C)C(C)(C)O2)c(OC2CCCCO2)c(-n2c3ccc(C(C)(C)C)cc3c3cc(C(C)(C)C)ccc32)c1.Cc1ccc(OC2CCCCO2)c(-n2c3ccc(C(C)(C)C)cc3c3cc(C(C)(C)C)ccc32)c1. The van der Waals surface area contributed by atoms with Gasteiger partial charge in [0.1, 0.15) is 11.5 Å². The number of ether oxygens (including phenoxy) is 4. The zero-order chi connectivity index (χ0) is 64.8. The first-order valence-corrected chi connectivity index (χ1v) is 33.1. The van der Waals surface area contributed by atoms with Crippen molar-refractivity contribution in [1.82, 2.24) is 9.13 Å². The molecule has 10 nitrogen and oxygen atoms in total. The third-order valence-corrected chi connectivity index (χ3v) is 19.5. The summed E-state index contributed by atoms with van der Waals surface area (Å²) in [6.45, 7) is 51.7. The van der Waals surface area contributed by atoms with E-state index in [2.05, 4.69) is 265 Å². The van der Waals surface area contributed by atoms with Gasteiger partial charge in [-0.2, -0.15) is 0 Å². The van der Waals surface area contributed by atoms with Gasteiger partial charge in [-0.05, 0) is 224 Å². The first-order valence-electron chi connectivity index (χ1n) is 33.1. The van der Waals surface area contributed by atoms with Crippen LogP contribution < -0.4 is 14.9 Å². The van der Waals surface area contributed by atoms with Crippen LogP contribution in [0.15, 0.2) is 103 Å². The highest BCUT2D eigenvalue weighted by Crippen LogP contribution is 2.45. The summed E-state index contributed by atoms with van der Waals surface area (Å²) in [4.78, 5) is 0. The highest BCUT2D eigenvalue weighted by Gasteiger charge is 2.53. The smallest absolute Gasteiger partial charge is 0.463 e. The van der Waals surface area contributed by atoms with Gasteiger partial charge in [-0.15, -0.1) is 0 Å². The van der Waals surface area contributed by atoms with Gasteiger partial charge in [-0.1, -0.05) is 127 Å². The van der Waals surface area contributed by atoms with Gasteiger partial charge in [0, 0.05) is 39.8 Å². The molecule has 2 atom stereocenters. The molecule has 4 saturated heterocycles. The molecule has 90 heavy (non-hydrogen) atoms. The largest absolute Gasteiger partial charge is 0.498 e. The maximum atomic E-state index is 6.90. The van der Waals surface area contributed by atoms with Crippen molar-refractivity contribution in [3.05, 3.63) is 137 Å². The third kappa shape index (κ3) is 14.0. The van der Waals surface area contributed by atoms with Gasteiger partial charge in [-0.25, -0.2) is 0 Å². The lowest BCUT2D eigenvalue weighted by Crippen LogP contribution is -2.41. The summed E-state index contributed by atoms with van der Waals surface area (Å²) >= 11 is 0. The maximum absolute atomic E-state index is 6.90. The molecule has 0 amide bonds. The van der Waals surface area contributed by atoms with E-state index in [4.69, 9.17) is 37.6 Å². The molecular weight excluding hydrogens is 1110 g/mol. The Hall–Kier alpha value is -5.59. The number of rotatable bonds is 7. The number of aryl methyl sites for hydroxylation is 2. The van der Waals surface area contributed by atoms with E-state index in [0.29, 0.717) is 6.61 Å². The monoisotopic (exact) mass is 1220 g/mol. The molecule has 8 aromatic rings. The van der Waals surface area contributed by atoms with Crippen LogP contribution in [0.4, 0.5) is 0 Å². The second kappa shape index (κ2) is 25.0. The van der Waals surface area contributed by atoms with Gasteiger partial charge in [0.05, 0.1) is 69.1 Å². The zero-order valence-electron chi connectivity index (χ0n) is 58.4. The topological polar surface area (TPSA) is 83.7 Å². The molecule has 0 spiro atoms. The molecule has 0 saturated carbocycles. The molecule has 484 valence electrons. The van der Waals surface area contributed by atoms with Gasteiger partial charge < -0.3 is 46.7 Å². The molecule has 12 heteroatoms. The maximum Gasteiger partial charge on any atom is 0.498 e. The van der Waals surface area contributed by atoms with Gasteiger partial charge in [0.15, 0.2) is 12.6 Å². The zero-order valence-corrected chi connectivity index (χ0v) is 58.4. The Bertz CT molecular complexity index is 3710. The molecule has 0 N–H and O–H groups in total. The molecule has 12 rings (SSSR count). The van der Waals surface area contributed by atoms with Crippen molar-refractivity contribution < 1.29 is 37.6 Å². The van der Waals surface area contributed by atoms with Crippen LogP contribution in [-0.2, 0) is 49.8 Å². The molecule has 4 fully saturated rings. The summed E-state index contributed by atoms with van der Waals surface area (Å²) in [6.07, 6.45) is 5.68. The summed E-state index contributed by atoms with van der Waals surface area (Å²) in [5.41, 5.74) is 14.3. The van der Waals surface area contributed by atoms with Gasteiger partial charge in [-0.3, -0.25) is 0 Å². The summed E-state index contributed by atoms with van der Waals surface area (Å²) in [7, 11) is -0.629. The molecule has 0 aliphatic carbocycles. The van der Waals surface area contributed by atoms with E-state index in [0.717, 1.165) is 90.1 Å². The Morgan fingerprint density at radius 2 is 0.778 bits per heavy atom. The van der Waals surface area contributed by atoms with E-state index in [1.165, 1.54) is 60.4 Å². The quantitative estimate of drug-likeness (QED) is 0.146. The predicted molar refractivity (Wildman–Crippen MR) is 379 cm³/mol. The normalized spacial score (nSPS) is 20.0. The molecule has 6 heterocycles. The van der Waals surface area contributed by atoms with Crippen LogP contribution in [0.25, 0.3) is 55.0 Å². The number of hydrogen-bond acceptors (Lipinski definition) is 8. The standard InChI is InChI=1S/C38H50BNO4.C32H39NO2.C7H15BO2.CH4/c1-24-20-29(39-43-37(8,9)38(10,11)44-39)34(42-33-14-12-13-19-41-33)32(21-24)40-30-17-15-25(35(2,3)4)22-27(30)28-23-26(36(5,6)7)16-18-31(28)40;1-21-11-16-29(35-30-10-8-9-17-34-30)28(18-21)33-26-14-12-22(31(2,3)4)19-24(26)25-20-23(32(5,6)7)13-15-27(25)33;1-6(2)7(3,4)10-8(5)9-6;/h15-18,20-23,33H,12-14,19H2,1-11H3;11-16,18-20,30H,8-10,17H2,1-7H3;1-5H3;1H4. The Balaban J connectivity index is 0.000000186. The van der Waals surface area contributed by atoms with Crippen LogP contribution in [-0.4, -0.2) is 71.6 Å². The number of benzene rings is 6. The number of nitrogens with zero attached hydrogens (tertiary/aromatic N) is 2. The molecule has 2 unspecified atom stereocenters. The minimum absolute atomic E-state index is 0. The molecule has 6 aromatic carbocycles. The van der Waals surface area contributed by atoms with Crippen LogP contribution in [0.2, 0.25) is 6.82 Å². The second-order valence-corrected chi connectivity index (χ2v) is 32.0. The van der Waals surface area contributed by atoms with Crippen LogP contribution in [0.1, 0.15) is 218 Å². The van der Waals surface area contributed by atoms with Crippen LogP contribution in [0.5, 0.6) is 11.5 Å². The molecule has 0 radical (unpaired) electrons. The highest BCUT2D eigenvalue weighted by molar-refractivity contribution is 6.63. The van der Waals surface area contributed by atoms with E-state index in [1.807, 2.05) is 6.82 Å². The average Bonchev–Trinajstić information content (AvgIpc) is 1.58. The van der Waals surface area contributed by atoms with E-state index < -0.39 is 18.3 Å². The Kier molecular flexibility index (Phi) is 19.1. The van der Waals surface area contributed by atoms with E-state index in [-0.39, 0.29) is 60.0 Å². The van der Waals surface area contributed by atoms with Gasteiger partial charge >= 0.3 is 14.2 Å². The van der Waals surface area contributed by atoms with Crippen molar-refractivity contribution in [2.75, 3.05) is 13.2 Å². The van der Waals surface area contributed by atoms with E-state index >= 15 is 0 Å². The molecule has 4 aliphatic rings. The number of hydrogen-bond donors (Lipinski definition) is 0. The minimum Gasteiger partial charge on any atom is -0.463 e. The van der Waals surface area contributed by atoms with Crippen molar-refractivity contribution in [3.8, 4) is 22.9 Å². The van der Waals surface area contributed by atoms with E-state index in [1.54, 1.807) is 0 Å². The molecule has 2 aromatic heterocycles. The fraction of sp³-hybridized carbons (Fsp3) is 0.538. The summed E-state index contributed by atoms with van der Waals surface area (Å²) in [5.74, 6) is 1.64. The van der Waals surface area contributed by atoms with Crippen LogP contribution in [0.3, 0.4) is 0 Å².